The highest BCUT2D eigenvalue weighted by molar-refractivity contribution is 5.59. The molecular formula is C27H35N3O2. The Morgan fingerprint density at radius 3 is 1.81 bits per heavy atom. The predicted molar refractivity (Wildman–Crippen MR) is 135 cm³/mol. The van der Waals surface area contributed by atoms with Gasteiger partial charge in [0.1, 0.15) is 12.4 Å². The van der Waals surface area contributed by atoms with E-state index in [1.807, 2.05) is 20.9 Å². The first kappa shape index (κ1) is 25.1. The van der Waals surface area contributed by atoms with Crippen molar-refractivity contribution >= 4 is 18.2 Å². The number of benzene rings is 3. The van der Waals surface area contributed by atoms with Gasteiger partial charge in [-0.2, -0.15) is 0 Å². The number of hydrogen-bond acceptors (Lipinski definition) is 5. The number of fused-ring (bicyclic) bond motifs is 1. The van der Waals surface area contributed by atoms with E-state index >= 15 is 0 Å². The van der Waals surface area contributed by atoms with Crippen LogP contribution in [0.25, 0.3) is 0 Å². The lowest BCUT2D eigenvalue weighted by molar-refractivity contribution is -0.0979. The maximum atomic E-state index is 8.00. The summed E-state index contributed by atoms with van der Waals surface area (Å²) >= 11 is 0. The molecule has 0 saturated carbocycles. The van der Waals surface area contributed by atoms with Crippen molar-refractivity contribution in [2.24, 2.45) is 0 Å². The van der Waals surface area contributed by atoms with Crippen molar-refractivity contribution in [3.63, 3.8) is 0 Å². The van der Waals surface area contributed by atoms with Gasteiger partial charge in [-0.15, -0.1) is 0 Å². The number of ether oxygens (including phenoxy) is 1. The summed E-state index contributed by atoms with van der Waals surface area (Å²) in [6.07, 6.45) is 0. The number of rotatable bonds is 4. The van der Waals surface area contributed by atoms with Crippen LogP contribution in [0, 0.1) is 0 Å². The minimum atomic E-state index is -0.563. The van der Waals surface area contributed by atoms with Gasteiger partial charge in [0.15, 0.2) is 0 Å². The molecular weight excluding hydrogens is 398 g/mol. The Morgan fingerprint density at radius 1 is 0.781 bits per heavy atom. The summed E-state index contributed by atoms with van der Waals surface area (Å²) in [4.78, 5) is 12.3. The van der Waals surface area contributed by atoms with Crippen LogP contribution in [-0.2, 0) is 21.7 Å². The van der Waals surface area contributed by atoms with E-state index in [2.05, 4.69) is 116 Å². The maximum Gasteiger partial charge on any atom is 0.144 e. The van der Waals surface area contributed by atoms with Crippen molar-refractivity contribution in [2.45, 2.75) is 12.2 Å². The first-order valence-electron chi connectivity index (χ1n) is 10.6. The summed E-state index contributed by atoms with van der Waals surface area (Å²) in [7, 11) is 12.0. The molecule has 5 heteroatoms. The van der Waals surface area contributed by atoms with E-state index in [0.717, 1.165) is 5.56 Å². The van der Waals surface area contributed by atoms with Gasteiger partial charge < -0.3 is 24.6 Å². The van der Waals surface area contributed by atoms with Crippen molar-refractivity contribution in [2.75, 3.05) is 52.1 Å². The molecule has 0 aliphatic carbocycles. The third kappa shape index (κ3) is 5.01. The third-order valence-electron chi connectivity index (χ3n) is 5.40. The molecule has 0 fully saturated rings. The first-order valence-corrected chi connectivity index (χ1v) is 10.6. The lowest BCUT2D eigenvalue weighted by Gasteiger charge is -2.31. The molecule has 3 aromatic rings. The molecule has 5 nitrogen and oxygen atoms in total. The highest BCUT2D eigenvalue weighted by atomic mass is 16.5. The van der Waals surface area contributed by atoms with Crippen LogP contribution in [0.5, 0.6) is 0 Å². The van der Waals surface area contributed by atoms with Gasteiger partial charge in [-0.05, 0) is 60.6 Å². The van der Waals surface area contributed by atoms with Crippen LogP contribution >= 0.6 is 0 Å². The molecule has 1 atom stereocenters. The topological polar surface area (TPSA) is 44.8 Å². The van der Waals surface area contributed by atoms with Crippen LogP contribution in [0.3, 0.4) is 0 Å². The van der Waals surface area contributed by atoms with E-state index in [9.17, 15) is 0 Å². The molecule has 1 unspecified atom stereocenters. The minimum Gasteiger partial charge on any atom is -0.378 e. The zero-order valence-electron chi connectivity index (χ0n) is 20.1. The van der Waals surface area contributed by atoms with E-state index in [0.29, 0.717) is 6.61 Å². The monoisotopic (exact) mass is 433 g/mol. The average molecular weight is 434 g/mol. The number of anilines is 2. The molecule has 1 aliphatic heterocycles. The molecule has 1 N–H and O–H groups in total. The minimum absolute atomic E-state index is 0.563. The van der Waals surface area contributed by atoms with Crippen molar-refractivity contribution in [1.29, 1.82) is 0 Å². The molecule has 0 aromatic heterocycles. The Hall–Kier alpha value is -3.15. The molecule has 4 rings (SSSR count). The van der Waals surface area contributed by atoms with Crippen molar-refractivity contribution in [1.82, 2.24) is 5.32 Å². The molecule has 1 heterocycles. The summed E-state index contributed by atoms with van der Waals surface area (Å²) < 4.78 is 6.59. The number of nitrogens with zero attached hydrogens (tertiary/aromatic N) is 2. The van der Waals surface area contributed by atoms with Gasteiger partial charge >= 0.3 is 0 Å². The van der Waals surface area contributed by atoms with Gasteiger partial charge in [0.25, 0.3) is 0 Å². The molecule has 0 radical (unpaired) electrons. The standard InChI is InChI=1S/C24H26N2O.C2H7N.CH2O/c1-25(2)21-12-10-20(11-13-21)24(19-8-6-5-7-9-19)23-15-14-22(26(3)4)16-18(23)17-27-24;1-3-2;1-2/h5-16H,17H2,1-4H3;3H,1-2H3;1H2. The normalized spacial score (nSPS) is 16.1. The van der Waals surface area contributed by atoms with Gasteiger partial charge in [-0.1, -0.05) is 48.5 Å². The highest BCUT2D eigenvalue weighted by Gasteiger charge is 2.43. The van der Waals surface area contributed by atoms with E-state index in [1.165, 1.54) is 28.1 Å². The predicted octanol–water partition coefficient (Wildman–Crippen LogP) is 4.29. The van der Waals surface area contributed by atoms with Gasteiger partial charge in [0.2, 0.25) is 0 Å². The van der Waals surface area contributed by atoms with Gasteiger partial charge in [-0.25, -0.2) is 0 Å². The summed E-state index contributed by atoms with van der Waals surface area (Å²) in [5.41, 5.74) is 6.63. The number of carbonyl (C=O) groups excluding carboxylic acids is 1. The molecule has 0 bridgehead atoms. The molecule has 1 aliphatic rings. The molecule has 0 amide bonds. The van der Waals surface area contributed by atoms with E-state index in [-0.39, 0.29) is 0 Å². The lowest BCUT2D eigenvalue weighted by atomic mass is 9.80. The van der Waals surface area contributed by atoms with Crippen molar-refractivity contribution in [3.05, 3.63) is 95.1 Å². The van der Waals surface area contributed by atoms with Crippen molar-refractivity contribution in [3.8, 4) is 0 Å². The Bertz CT molecular complexity index is 972. The number of nitrogens with one attached hydrogen (secondary N) is 1. The number of hydrogen-bond donors (Lipinski definition) is 1. The summed E-state index contributed by atoms with van der Waals surface area (Å²) in [6.45, 7) is 2.61. The smallest absolute Gasteiger partial charge is 0.144 e. The first-order chi connectivity index (χ1) is 15.4. The van der Waals surface area contributed by atoms with E-state index in [1.54, 1.807) is 0 Å². The molecule has 0 saturated heterocycles. The Morgan fingerprint density at radius 2 is 1.28 bits per heavy atom. The highest BCUT2D eigenvalue weighted by Crippen LogP contribution is 2.47. The summed E-state index contributed by atoms with van der Waals surface area (Å²) in [5, 5.41) is 2.75. The largest absolute Gasteiger partial charge is 0.378 e. The summed E-state index contributed by atoms with van der Waals surface area (Å²) in [6, 6.07) is 25.9. The maximum absolute atomic E-state index is 8.00. The van der Waals surface area contributed by atoms with Gasteiger partial charge in [0, 0.05) is 39.6 Å². The zero-order valence-corrected chi connectivity index (χ0v) is 20.1. The van der Waals surface area contributed by atoms with Gasteiger partial charge in [0.05, 0.1) is 6.61 Å². The molecule has 32 heavy (non-hydrogen) atoms. The van der Waals surface area contributed by atoms with Crippen molar-refractivity contribution < 1.29 is 9.53 Å². The third-order valence-corrected chi connectivity index (χ3v) is 5.40. The Kier molecular flexibility index (Phi) is 9.00. The van der Waals surface area contributed by atoms with Crippen LogP contribution in [0.1, 0.15) is 22.3 Å². The van der Waals surface area contributed by atoms with Crippen LogP contribution in [-0.4, -0.2) is 49.1 Å². The zero-order chi connectivity index (χ0) is 23.7. The average Bonchev–Trinajstić information content (AvgIpc) is 3.21. The van der Waals surface area contributed by atoms with Crippen LogP contribution in [0.2, 0.25) is 0 Å². The second-order valence-electron chi connectivity index (χ2n) is 8.01. The quantitative estimate of drug-likeness (QED) is 0.665. The second-order valence-corrected chi connectivity index (χ2v) is 8.01. The fourth-order valence-electron chi connectivity index (χ4n) is 3.90. The molecule has 170 valence electrons. The fraction of sp³-hybridized carbons (Fsp3) is 0.296. The lowest BCUT2D eigenvalue weighted by Crippen LogP contribution is -2.28. The SMILES string of the molecule is C=O.CN(C)c1ccc(C2(c3ccccc3)OCc3cc(N(C)C)ccc32)cc1.CNC. The molecule has 0 spiro atoms. The fourth-order valence-corrected chi connectivity index (χ4v) is 3.90. The Balaban J connectivity index is 0.000000671. The molecule has 3 aromatic carbocycles. The number of carbonyl (C=O) groups is 1. The Labute approximate surface area is 192 Å². The van der Waals surface area contributed by atoms with Gasteiger partial charge in [-0.3, -0.25) is 0 Å². The van der Waals surface area contributed by atoms with E-state index in [4.69, 9.17) is 9.53 Å². The van der Waals surface area contributed by atoms with Crippen LogP contribution in [0.4, 0.5) is 11.4 Å². The van der Waals surface area contributed by atoms with E-state index < -0.39 is 5.60 Å². The van der Waals surface area contributed by atoms with Crippen LogP contribution < -0.4 is 15.1 Å². The summed E-state index contributed by atoms with van der Waals surface area (Å²) in [5.74, 6) is 0. The second kappa shape index (κ2) is 11.5. The van der Waals surface area contributed by atoms with Crippen LogP contribution in [0.15, 0.2) is 72.8 Å².